The first-order valence-corrected chi connectivity index (χ1v) is 8.76. The lowest BCUT2D eigenvalue weighted by molar-refractivity contribution is -0.146. The maximum atomic E-state index is 12.7. The third kappa shape index (κ3) is 6.79. The minimum absolute atomic E-state index is 0.0926. The van der Waals surface area contributed by atoms with Crippen LogP contribution < -0.4 is 10.2 Å². The molecule has 0 saturated carbocycles. The number of amides is 1. The van der Waals surface area contributed by atoms with Crippen molar-refractivity contribution in [2.24, 2.45) is 0 Å². The van der Waals surface area contributed by atoms with Crippen LogP contribution in [0.5, 0.6) is 5.75 Å². The largest absolute Gasteiger partial charge is 0.476 e. The van der Waals surface area contributed by atoms with Gasteiger partial charge in [0, 0.05) is 12.6 Å². The number of carbonyl (C=O) groups excluding carboxylic acids is 2. The fourth-order valence-electron chi connectivity index (χ4n) is 2.45. The summed E-state index contributed by atoms with van der Waals surface area (Å²) in [6, 6.07) is 12.5. The number of hydrogen-bond acceptors (Lipinski definition) is 5. The first kappa shape index (κ1) is 22.2. The Kier molecular flexibility index (Phi) is 7.60. The van der Waals surface area contributed by atoms with Crippen LogP contribution in [0.1, 0.15) is 24.2 Å². The van der Waals surface area contributed by atoms with Gasteiger partial charge in [-0.15, -0.1) is 0 Å². The zero-order chi connectivity index (χ0) is 21.4. The van der Waals surface area contributed by atoms with Crippen molar-refractivity contribution in [3.63, 3.8) is 0 Å². The predicted octanol–water partition coefficient (Wildman–Crippen LogP) is 3.35. The highest BCUT2D eigenvalue weighted by molar-refractivity contribution is 5.82. The number of hydrazine groups is 1. The Morgan fingerprint density at radius 1 is 1.07 bits per heavy atom. The van der Waals surface area contributed by atoms with Crippen molar-refractivity contribution in [1.29, 1.82) is 0 Å². The summed E-state index contributed by atoms with van der Waals surface area (Å²) in [5.41, 5.74) is 2.19. The summed E-state index contributed by atoms with van der Waals surface area (Å²) >= 11 is 0. The molecule has 0 aromatic heterocycles. The summed E-state index contributed by atoms with van der Waals surface area (Å²) in [6.45, 7) is 1.70. The van der Waals surface area contributed by atoms with E-state index in [2.05, 4.69) is 5.43 Å². The molecule has 0 aliphatic rings. The van der Waals surface area contributed by atoms with Crippen molar-refractivity contribution in [1.82, 2.24) is 10.4 Å². The van der Waals surface area contributed by atoms with E-state index in [4.69, 9.17) is 9.47 Å². The molecule has 156 valence electrons. The molecule has 0 aliphatic carbocycles. The molecule has 0 aliphatic heterocycles. The highest BCUT2D eigenvalue weighted by Crippen LogP contribution is 2.31. The van der Waals surface area contributed by atoms with E-state index in [0.717, 1.165) is 24.3 Å². The van der Waals surface area contributed by atoms with Crippen LogP contribution in [-0.2, 0) is 20.5 Å². The van der Waals surface area contributed by atoms with Crippen LogP contribution in [0.25, 0.3) is 0 Å². The molecule has 0 fully saturated rings. The Morgan fingerprint density at radius 2 is 1.69 bits per heavy atom. The third-order valence-corrected chi connectivity index (χ3v) is 3.75. The Morgan fingerprint density at radius 3 is 2.24 bits per heavy atom. The molecule has 2 aromatic rings. The zero-order valence-electron chi connectivity index (χ0n) is 15.9. The van der Waals surface area contributed by atoms with Crippen LogP contribution in [0.4, 0.5) is 13.2 Å². The highest BCUT2D eigenvalue weighted by atomic mass is 19.4. The minimum Gasteiger partial charge on any atom is -0.476 e. The van der Waals surface area contributed by atoms with Gasteiger partial charge in [0.1, 0.15) is 12.3 Å². The number of ether oxygens (including phenoxy) is 2. The molecule has 2 rings (SSSR count). The Hall–Kier alpha value is -3.07. The summed E-state index contributed by atoms with van der Waals surface area (Å²) < 4.78 is 48.7. The summed E-state index contributed by atoms with van der Waals surface area (Å²) in [5.74, 6) is -1.02. The van der Waals surface area contributed by atoms with Crippen LogP contribution in [0.15, 0.2) is 54.6 Å². The number of benzene rings is 2. The van der Waals surface area contributed by atoms with E-state index in [1.165, 1.54) is 12.1 Å². The van der Waals surface area contributed by atoms with Crippen molar-refractivity contribution in [2.75, 3.05) is 20.2 Å². The van der Waals surface area contributed by atoms with Gasteiger partial charge in [0.05, 0.1) is 12.2 Å². The normalized spacial score (nSPS) is 12.3. The molecule has 1 N–H and O–H groups in total. The fourth-order valence-corrected chi connectivity index (χ4v) is 2.45. The van der Waals surface area contributed by atoms with Gasteiger partial charge >= 0.3 is 12.1 Å². The second kappa shape index (κ2) is 9.92. The quantitative estimate of drug-likeness (QED) is 0.534. The van der Waals surface area contributed by atoms with Crippen molar-refractivity contribution < 1.29 is 32.2 Å². The van der Waals surface area contributed by atoms with Crippen LogP contribution in [0.3, 0.4) is 0 Å². The molecule has 0 spiro atoms. The van der Waals surface area contributed by atoms with Crippen LogP contribution in [0.2, 0.25) is 0 Å². The number of carbonyl (C=O) groups is 2. The lowest BCUT2D eigenvalue weighted by Gasteiger charge is -2.23. The third-order valence-electron chi connectivity index (χ3n) is 3.75. The average Bonchev–Trinajstić information content (AvgIpc) is 2.66. The number of hydrogen-bond donors (Lipinski definition) is 1. The molecular formula is C20H21F3N2O4. The number of likely N-dealkylation sites (N-methyl/N-ethyl adjacent to an activating group) is 1. The van der Waals surface area contributed by atoms with Gasteiger partial charge in [0.2, 0.25) is 6.10 Å². The van der Waals surface area contributed by atoms with Gasteiger partial charge in [0.15, 0.2) is 0 Å². The first-order valence-electron chi connectivity index (χ1n) is 8.76. The molecular weight excluding hydrogens is 389 g/mol. The highest BCUT2D eigenvalue weighted by Gasteiger charge is 2.30. The van der Waals surface area contributed by atoms with Crippen LogP contribution in [-0.4, -0.2) is 37.1 Å². The lowest BCUT2D eigenvalue weighted by atomic mass is 10.1. The van der Waals surface area contributed by atoms with Crippen LogP contribution >= 0.6 is 0 Å². The molecule has 1 amide bonds. The number of nitrogens with zero attached hydrogens (tertiary/aromatic N) is 1. The van der Waals surface area contributed by atoms with E-state index < -0.39 is 29.7 Å². The van der Waals surface area contributed by atoms with Crippen molar-refractivity contribution in [3.8, 4) is 5.75 Å². The maximum absolute atomic E-state index is 12.7. The summed E-state index contributed by atoms with van der Waals surface area (Å²) in [7, 11) is 1.48. The van der Waals surface area contributed by atoms with Gasteiger partial charge in [-0.05, 0) is 31.2 Å². The smallest absolute Gasteiger partial charge is 0.416 e. The molecule has 0 unspecified atom stereocenters. The summed E-state index contributed by atoms with van der Waals surface area (Å²) in [4.78, 5) is 24.3. The standard InChI is InChI=1S/C20H21F3N2O4/c1-3-28-17(26)13-25(2)24-19(27)18(14-7-5-4-6-8-14)29-16-11-9-15(10-12-16)20(21,22)23/h4-12,18H,3,13H2,1-2H3,(H,24,27)/t18-/m0/s1. The molecule has 0 radical (unpaired) electrons. The zero-order valence-corrected chi connectivity index (χ0v) is 15.9. The molecule has 9 heteroatoms. The van der Waals surface area contributed by atoms with Gasteiger partial charge in [-0.3, -0.25) is 15.0 Å². The number of esters is 1. The molecule has 0 bridgehead atoms. The molecule has 1 atom stereocenters. The second-order valence-corrected chi connectivity index (χ2v) is 6.07. The monoisotopic (exact) mass is 410 g/mol. The SMILES string of the molecule is CCOC(=O)CN(C)NC(=O)[C@@H](Oc1ccc(C(F)(F)F)cc1)c1ccccc1. The topological polar surface area (TPSA) is 67.9 Å². The van der Waals surface area contributed by atoms with Crippen LogP contribution in [0, 0.1) is 0 Å². The van der Waals surface area contributed by atoms with E-state index in [0.29, 0.717) is 5.56 Å². The molecule has 6 nitrogen and oxygen atoms in total. The lowest BCUT2D eigenvalue weighted by Crippen LogP contribution is -2.45. The van der Waals surface area contributed by atoms with E-state index in [-0.39, 0.29) is 18.9 Å². The Labute approximate surface area is 166 Å². The predicted molar refractivity (Wildman–Crippen MR) is 98.7 cm³/mol. The maximum Gasteiger partial charge on any atom is 0.416 e. The number of alkyl halides is 3. The molecule has 0 saturated heterocycles. The minimum atomic E-state index is -4.47. The second-order valence-electron chi connectivity index (χ2n) is 6.07. The molecule has 29 heavy (non-hydrogen) atoms. The number of nitrogens with one attached hydrogen (secondary N) is 1. The van der Waals surface area contributed by atoms with Crippen molar-refractivity contribution in [3.05, 3.63) is 65.7 Å². The van der Waals surface area contributed by atoms with Gasteiger partial charge in [-0.1, -0.05) is 30.3 Å². The van der Waals surface area contributed by atoms with Gasteiger partial charge in [-0.2, -0.15) is 13.2 Å². The fraction of sp³-hybridized carbons (Fsp3) is 0.300. The first-order chi connectivity index (χ1) is 13.7. The van der Waals surface area contributed by atoms with Crippen molar-refractivity contribution >= 4 is 11.9 Å². The summed E-state index contributed by atoms with van der Waals surface area (Å²) in [6.07, 6.45) is -5.61. The van der Waals surface area contributed by atoms with Gasteiger partial charge in [-0.25, -0.2) is 5.01 Å². The van der Waals surface area contributed by atoms with Crippen molar-refractivity contribution in [2.45, 2.75) is 19.2 Å². The molecule has 0 heterocycles. The Balaban J connectivity index is 2.15. The number of rotatable bonds is 8. The summed E-state index contributed by atoms with van der Waals surface area (Å²) in [5, 5.41) is 1.24. The van der Waals surface area contributed by atoms with Gasteiger partial charge in [0.25, 0.3) is 5.91 Å². The molecule has 2 aromatic carbocycles. The van der Waals surface area contributed by atoms with E-state index in [9.17, 15) is 22.8 Å². The van der Waals surface area contributed by atoms with E-state index in [1.807, 2.05) is 0 Å². The average molecular weight is 410 g/mol. The van der Waals surface area contributed by atoms with E-state index in [1.54, 1.807) is 37.3 Å². The number of halogens is 3. The van der Waals surface area contributed by atoms with Gasteiger partial charge < -0.3 is 9.47 Å². The van der Waals surface area contributed by atoms with E-state index >= 15 is 0 Å². The Bertz CT molecular complexity index is 811.